The lowest BCUT2D eigenvalue weighted by Gasteiger charge is -2.15. The first-order valence-corrected chi connectivity index (χ1v) is 6.02. The summed E-state index contributed by atoms with van der Waals surface area (Å²) in [6.07, 6.45) is 1.06. The van der Waals surface area contributed by atoms with Gasteiger partial charge in [-0.2, -0.15) is 0 Å². The third kappa shape index (κ3) is 3.04. The van der Waals surface area contributed by atoms with Gasteiger partial charge in [-0.05, 0) is 12.8 Å². The summed E-state index contributed by atoms with van der Waals surface area (Å²) in [5.41, 5.74) is -0.576. The summed E-state index contributed by atoms with van der Waals surface area (Å²) in [7, 11) is -3.96. The second-order valence-electron chi connectivity index (χ2n) is 3.63. The van der Waals surface area contributed by atoms with Crippen LogP contribution in [-0.2, 0) is 14.0 Å². The lowest BCUT2D eigenvalue weighted by atomic mass is 10.1. The second-order valence-corrected chi connectivity index (χ2v) is 5.53. The fourth-order valence-electron chi connectivity index (χ4n) is 1.39. The van der Waals surface area contributed by atoms with Gasteiger partial charge in [0.25, 0.3) is 0 Å². The van der Waals surface area contributed by atoms with Crippen LogP contribution < -0.4 is 0 Å². The summed E-state index contributed by atoms with van der Waals surface area (Å²) in [4.78, 5) is 18.1. The maximum absolute atomic E-state index is 11.0. The maximum Gasteiger partial charge on any atom is 0.328 e. The molecule has 0 aromatic carbocycles. The van der Waals surface area contributed by atoms with E-state index in [0.717, 1.165) is 0 Å². The van der Waals surface area contributed by atoms with Crippen molar-refractivity contribution in [2.75, 3.05) is 13.2 Å². The van der Waals surface area contributed by atoms with Gasteiger partial charge in [0.2, 0.25) is 0 Å². The van der Waals surface area contributed by atoms with Crippen LogP contribution in [0.25, 0.3) is 0 Å². The van der Waals surface area contributed by atoms with Crippen LogP contribution in [0.15, 0.2) is 0 Å². The summed E-state index contributed by atoms with van der Waals surface area (Å²) in [5.74, 6) is 0. The molecule has 0 aromatic rings. The van der Waals surface area contributed by atoms with Crippen LogP contribution in [0.5, 0.6) is 0 Å². The van der Waals surface area contributed by atoms with Gasteiger partial charge in [-0.15, -0.1) is 0 Å². The molecule has 0 aliphatic carbocycles. The van der Waals surface area contributed by atoms with Crippen molar-refractivity contribution in [3.05, 3.63) is 0 Å². The minimum atomic E-state index is -3.96. The highest BCUT2D eigenvalue weighted by atomic mass is 31.2. The average molecular weight is 208 g/mol. The van der Waals surface area contributed by atoms with Crippen LogP contribution in [0.3, 0.4) is 0 Å². The van der Waals surface area contributed by atoms with Crippen molar-refractivity contribution in [3.8, 4) is 0 Å². The molecule has 76 valence electrons. The Morgan fingerprint density at radius 2 is 1.62 bits per heavy atom. The SMILES string of the molecule is O=P(O)(O)C(CC1CO1)CC1CO1. The first kappa shape index (κ1) is 9.62. The first-order chi connectivity index (χ1) is 6.05. The molecule has 0 aromatic heterocycles. The minimum Gasteiger partial charge on any atom is -0.373 e. The quantitative estimate of drug-likeness (QED) is 0.495. The highest BCUT2D eigenvalue weighted by molar-refractivity contribution is 7.52. The zero-order chi connectivity index (χ0) is 9.47. The smallest absolute Gasteiger partial charge is 0.328 e. The Kier molecular flexibility index (Phi) is 2.47. The van der Waals surface area contributed by atoms with Crippen LogP contribution >= 0.6 is 7.60 Å². The van der Waals surface area contributed by atoms with Crippen molar-refractivity contribution in [2.45, 2.75) is 30.7 Å². The minimum absolute atomic E-state index is 0.0661. The molecule has 2 atom stereocenters. The molecule has 2 N–H and O–H groups in total. The third-order valence-corrected chi connectivity index (χ3v) is 3.72. The maximum atomic E-state index is 11.0. The van der Waals surface area contributed by atoms with Crippen LogP contribution in [0, 0.1) is 0 Å². The molecule has 0 saturated carbocycles. The zero-order valence-corrected chi connectivity index (χ0v) is 8.02. The fourth-order valence-corrected chi connectivity index (χ4v) is 2.41. The molecule has 2 saturated heterocycles. The molecule has 2 heterocycles. The van der Waals surface area contributed by atoms with Crippen molar-refractivity contribution in [3.63, 3.8) is 0 Å². The predicted octanol–water partition coefficient (Wildman–Crippen LogP) is 0.110. The highest BCUT2D eigenvalue weighted by Crippen LogP contribution is 2.48. The Morgan fingerprint density at radius 1 is 1.23 bits per heavy atom. The molecule has 6 heteroatoms. The summed E-state index contributed by atoms with van der Waals surface area (Å²) < 4.78 is 20.9. The number of hydrogen-bond acceptors (Lipinski definition) is 3. The Hall–Kier alpha value is 0.0700. The van der Waals surface area contributed by atoms with E-state index in [-0.39, 0.29) is 12.2 Å². The third-order valence-electron chi connectivity index (χ3n) is 2.35. The van der Waals surface area contributed by atoms with Crippen LogP contribution in [0.1, 0.15) is 12.8 Å². The van der Waals surface area contributed by atoms with Crippen molar-refractivity contribution < 1.29 is 23.8 Å². The van der Waals surface area contributed by atoms with Crippen LogP contribution in [0.4, 0.5) is 0 Å². The fraction of sp³-hybridized carbons (Fsp3) is 1.00. The molecule has 2 fully saturated rings. The van der Waals surface area contributed by atoms with E-state index in [0.29, 0.717) is 26.1 Å². The van der Waals surface area contributed by atoms with Crippen molar-refractivity contribution in [2.24, 2.45) is 0 Å². The summed E-state index contributed by atoms with van der Waals surface area (Å²) in [5, 5.41) is 0. The van der Waals surface area contributed by atoms with Crippen molar-refractivity contribution >= 4 is 7.60 Å². The van der Waals surface area contributed by atoms with E-state index in [1.165, 1.54) is 0 Å². The molecule has 13 heavy (non-hydrogen) atoms. The first-order valence-electron chi connectivity index (χ1n) is 4.34. The Bertz CT molecular complexity index is 215. The molecule has 2 aliphatic rings. The highest BCUT2D eigenvalue weighted by Gasteiger charge is 2.40. The molecule has 0 bridgehead atoms. The van der Waals surface area contributed by atoms with E-state index in [1.807, 2.05) is 0 Å². The molecular formula is C7H13O5P. The van der Waals surface area contributed by atoms with Crippen LogP contribution in [0.2, 0.25) is 0 Å². The lowest BCUT2D eigenvalue weighted by Crippen LogP contribution is -2.14. The molecule has 2 aliphatic heterocycles. The molecule has 5 nitrogen and oxygen atoms in total. The number of epoxide rings is 2. The molecule has 0 spiro atoms. The van der Waals surface area contributed by atoms with E-state index in [9.17, 15) is 4.57 Å². The predicted molar refractivity (Wildman–Crippen MR) is 44.5 cm³/mol. The van der Waals surface area contributed by atoms with Gasteiger partial charge in [-0.1, -0.05) is 0 Å². The van der Waals surface area contributed by atoms with E-state index in [2.05, 4.69) is 0 Å². The molecule has 0 radical (unpaired) electrons. The Balaban J connectivity index is 1.87. The molecule has 2 rings (SSSR count). The molecular weight excluding hydrogens is 195 g/mol. The van der Waals surface area contributed by atoms with Gasteiger partial charge in [0.05, 0.1) is 31.1 Å². The normalized spacial score (nSPS) is 34.3. The van der Waals surface area contributed by atoms with Crippen LogP contribution in [-0.4, -0.2) is 40.9 Å². The van der Waals surface area contributed by atoms with Gasteiger partial charge in [-0.3, -0.25) is 4.57 Å². The van der Waals surface area contributed by atoms with Gasteiger partial charge < -0.3 is 19.3 Å². The molecule has 0 amide bonds. The van der Waals surface area contributed by atoms with Gasteiger partial charge in [-0.25, -0.2) is 0 Å². The van der Waals surface area contributed by atoms with Gasteiger partial charge in [0, 0.05) is 0 Å². The van der Waals surface area contributed by atoms with E-state index in [4.69, 9.17) is 19.3 Å². The zero-order valence-electron chi connectivity index (χ0n) is 7.13. The summed E-state index contributed by atoms with van der Waals surface area (Å²) in [6, 6.07) is 0. The largest absolute Gasteiger partial charge is 0.373 e. The summed E-state index contributed by atoms with van der Waals surface area (Å²) in [6.45, 7) is 1.28. The standard InChI is InChI=1S/C7H13O5P/c8-13(9,10)7(1-5-3-11-5)2-6-4-12-6/h5-7H,1-4H2,(H2,8,9,10). The average Bonchev–Trinajstić information content (AvgIpc) is 2.76. The molecule has 2 unspecified atom stereocenters. The number of hydrogen-bond donors (Lipinski definition) is 2. The Morgan fingerprint density at radius 3 is 1.85 bits per heavy atom. The van der Waals surface area contributed by atoms with Gasteiger partial charge in [0.15, 0.2) is 0 Å². The van der Waals surface area contributed by atoms with Crippen molar-refractivity contribution in [1.29, 1.82) is 0 Å². The number of rotatable bonds is 5. The van der Waals surface area contributed by atoms with E-state index < -0.39 is 13.3 Å². The van der Waals surface area contributed by atoms with E-state index >= 15 is 0 Å². The topological polar surface area (TPSA) is 82.6 Å². The number of ether oxygens (including phenoxy) is 2. The van der Waals surface area contributed by atoms with E-state index in [1.54, 1.807) is 0 Å². The Labute approximate surface area is 76.2 Å². The monoisotopic (exact) mass is 208 g/mol. The van der Waals surface area contributed by atoms with Gasteiger partial charge in [0.1, 0.15) is 0 Å². The lowest BCUT2D eigenvalue weighted by molar-refractivity contribution is 0.318. The van der Waals surface area contributed by atoms with Crippen molar-refractivity contribution in [1.82, 2.24) is 0 Å². The summed E-state index contributed by atoms with van der Waals surface area (Å²) >= 11 is 0. The van der Waals surface area contributed by atoms with Gasteiger partial charge >= 0.3 is 7.60 Å². The second kappa shape index (κ2) is 3.33.